The van der Waals surface area contributed by atoms with Crippen molar-refractivity contribution >= 4 is 23.1 Å². The first-order valence-electron chi connectivity index (χ1n) is 11.3. The molecule has 6 rings (SSSR count). The summed E-state index contributed by atoms with van der Waals surface area (Å²) in [6.07, 6.45) is 1.74. The van der Waals surface area contributed by atoms with E-state index >= 15 is 0 Å². The number of para-hydroxylation sites is 1. The lowest BCUT2D eigenvalue weighted by molar-refractivity contribution is -0.172. The summed E-state index contributed by atoms with van der Waals surface area (Å²) >= 11 is 0. The number of pyridine rings is 2. The van der Waals surface area contributed by atoms with Crippen molar-refractivity contribution in [1.82, 2.24) is 9.55 Å². The van der Waals surface area contributed by atoms with Gasteiger partial charge in [0.1, 0.15) is 6.61 Å². The van der Waals surface area contributed by atoms with Crippen LogP contribution in [0.25, 0.3) is 22.3 Å². The molecule has 0 fully saturated rings. The lowest BCUT2D eigenvalue weighted by atomic mass is 9.86. The van der Waals surface area contributed by atoms with E-state index in [-0.39, 0.29) is 18.6 Å². The van der Waals surface area contributed by atoms with Gasteiger partial charge in [-0.1, -0.05) is 36.3 Å². The maximum Gasteiger partial charge on any atom is 0.343 e. The first-order valence-corrected chi connectivity index (χ1v) is 11.3. The van der Waals surface area contributed by atoms with Crippen LogP contribution in [0.15, 0.2) is 70.6 Å². The maximum atomic E-state index is 13.3. The molecular weight excluding hydrogens is 446 g/mol. The normalized spacial score (nSPS) is 18.3. The summed E-state index contributed by atoms with van der Waals surface area (Å²) in [6, 6.07) is 18.8. The van der Waals surface area contributed by atoms with Crippen LogP contribution in [-0.2, 0) is 28.3 Å². The Morgan fingerprint density at radius 3 is 2.80 bits per heavy atom. The Morgan fingerprint density at radius 2 is 2.00 bits per heavy atom. The van der Waals surface area contributed by atoms with Gasteiger partial charge in [-0.15, -0.1) is 0 Å². The first kappa shape index (κ1) is 21.2. The van der Waals surface area contributed by atoms with Crippen LogP contribution in [0, 0.1) is 0 Å². The van der Waals surface area contributed by atoms with Gasteiger partial charge in [-0.05, 0) is 48.4 Å². The highest BCUT2D eigenvalue weighted by atomic mass is 16.6. The molecule has 174 valence electrons. The Bertz CT molecular complexity index is 1590. The molecule has 35 heavy (non-hydrogen) atoms. The molecule has 0 bridgehead atoms. The van der Waals surface area contributed by atoms with Gasteiger partial charge in [-0.25, -0.2) is 9.78 Å². The minimum Gasteiger partial charge on any atom is -0.458 e. The minimum absolute atomic E-state index is 0.109. The van der Waals surface area contributed by atoms with Crippen LogP contribution in [0.4, 0.5) is 0 Å². The zero-order valence-electron chi connectivity index (χ0n) is 18.9. The zero-order chi connectivity index (χ0) is 24.2. The summed E-state index contributed by atoms with van der Waals surface area (Å²) in [5, 5.41) is 15.9. The molecule has 0 unspecified atom stereocenters. The molecule has 0 aliphatic carbocycles. The highest BCUT2D eigenvalue weighted by Gasteiger charge is 2.45. The molecule has 8 nitrogen and oxygen atoms in total. The van der Waals surface area contributed by atoms with E-state index in [0.29, 0.717) is 34.8 Å². The number of cyclic esters (lactones) is 1. The standard InChI is InChI=1S/C27H21N3O5/c1-2-27(33)21-12-23-24-18(14-30(23)25(31)20(21)15-34-26(27)32)11-17-10-16(8-9-22(17)29-24)13-28-35-19-6-4-3-5-7-19/h3-13,33H,2,14-15H2,1H3/t27-/m0/s1. The van der Waals surface area contributed by atoms with Gasteiger partial charge in [-0.2, -0.15) is 0 Å². The van der Waals surface area contributed by atoms with E-state index in [2.05, 4.69) is 5.16 Å². The average Bonchev–Trinajstić information content (AvgIpc) is 3.23. The third-order valence-electron chi connectivity index (χ3n) is 6.63. The molecule has 2 aliphatic rings. The highest BCUT2D eigenvalue weighted by molar-refractivity contribution is 5.91. The molecule has 1 atom stereocenters. The summed E-state index contributed by atoms with van der Waals surface area (Å²) in [5.41, 5.74) is 2.27. The lowest BCUT2D eigenvalue weighted by Crippen LogP contribution is -2.44. The number of carbonyl (C=O) groups is 1. The minimum atomic E-state index is -1.84. The van der Waals surface area contributed by atoms with Gasteiger partial charge in [0.2, 0.25) is 0 Å². The number of esters is 1. The van der Waals surface area contributed by atoms with E-state index in [1.807, 2.05) is 54.6 Å². The fourth-order valence-electron chi connectivity index (χ4n) is 4.71. The number of benzene rings is 2. The Hall–Kier alpha value is -4.30. The second kappa shape index (κ2) is 7.89. The van der Waals surface area contributed by atoms with Gasteiger partial charge in [0, 0.05) is 16.5 Å². The van der Waals surface area contributed by atoms with Crippen LogP contribution in [0.3, 0.4) is 0 Å². The second-order valence-electron chi connectivity index (χ2n) is 8.69. The predicted molar refractivity (Wildman–Crippen MR) is 129 cm³/mol. The number of carbonyl (C=O) groups excluding carboxylic acids is 1. The van der Waals surface area contributed by atoms with Crippen LogP contribution < -0.4 is 10.4 Å². The highest BCUT2D eigenvalue weighted by Crippen LogP contribution is 2.38. The van der Waals surface area contributed by atoms with Crippen molar-refractivity contribution in [1.29, 1.82) is 0 Å². The summed E-state index contributed by atoms with van der Waals surface area (Å²) in [7, 11) is 0. The fourth-order valence-corrected chi connectivity index (χ4v) is 4.71. The second-order valence-corrected chi connectivity index (χ2v) is 8.69. The summed E-state index contributed by atoms with van der Waals surface area (Å²) in [6.45, 7) is 1.90. The Labute approximate surface area is 200 Å². The number of hydrogen-bond acceptors (Lipinski definition) is 7. The topological polar surface area (TPSA) is 103 Å². The molecule has 0 saturated carbocycles. The third-order valence-corrected chi connectivity index (χ3v) is 6.63. The summed E-state index contributed by atoms with van der Waals surface area (Å²) < 4.78 is 6.75. The quantitative estimate of drug-likeness (QED) is 0.247. The van der Waals surface area contributed by atoms with E-state index in [4.69, 9.17) is 14.6 Å². The smallest absolute Gasteiger partial charge is 0.343 e. The summed E-state index contributed by atoms with van der Waals surface area (Å²) in [4.78, 5) is 35.8. The van der Waals surface area contributed by atoms with E-state index in [0.717, 1.165) is 22.0 Å². The molecule has 0 amide bonds. The molecule has 4 heterocycles. The third kappa shape index (κ3) is 3.33. The maximum absolute atomic E-state index is 13.3. The van der Waals surface area contributed by atoms with Crippen molar-refractivity contribution in [2.75, 3.05) is 0 Å². The first-order chi connectivity index (χ1) is 17.0. The Morgan fingerprint density at radius 1 is 1.17 bits per heavy atom. The van der Waals surface area contributed by atoms with Gasteiger partial charge < -0.3 is 19.2 Å². The largest absolute Gasteiger partial charge is 0.458 e. The van der Waals surface area contributed by atoms with E-state index in [1.165, 1.54) is 0 Å². The summed E-state index contributed by atoms with van der Waals surface area (Å²) in [5.74, 6) is -0.0796. The molecule has 2 aromatic heterocycles. The van der Waals surface area contributed by atoms with Crippen molar-refractivity contribution in [3.8, 4) is 17.1 Å². The van der Waals surface area contributed by atoms with E-state index in [1.54, 1.807) is 23.8 Å². The number of hydrogen-bond donors (Lipinski definition) is 1. The van der Waals surface area contributed by atoms with Gasteiger partial charge >= 0.3 is 5.97 Å². The molecule has 2 aliphatic heterocycles. The van der Waals surface area contributed by atoms with Crippen molar-refractivity contribution in [2.24, 2.45) is 5.16 Å². The van der Waals surface area contributed by atoms with E-state index in [9.17, 15) is 14.7 Å². The van der Waals surface area contributed by atoms with Gasteiger partial charge in [0.15, 0.2) is 11.4 Å². The molecule has 0 saturated heterocycles. The zero-order valence-corrected chi connectivity index (χ0v) is 18.9. The van der Waals surface area contributed by atoms with Crippen molar-refractivity contribution in [3.63, 3.8) is 0 Å². The molecule has 1 N–H and O–H groups in total. The van der Waals surface area contributed by atoms with Gasteiger partial charge in [-0.3, -0.25) is 4.79 Å². The number of aliphatic hydroxyl groups is 1. The molecule has 0 radical (unpaired) electrons. The van der Waals surface area contributed by atoms with Gasteiger partial charge in [0.05, 0.1) is 35.2 Å². The Kier molecular flexibility index (Phi) is 4.79. The SMILES string of the molecule is CC[C@@]1(O)C(=O)OCc2c1cc1n(c2=O)Cc2cc3cc(C=NOc4ccccc4)ccc3nc2-1. The van der Waals surface area contributed by atoms with Crippen molar-refractivity contribution in [2.45, 2.75) is 32.1 Å². The number of oxime groups is 1. The van der Waals surface area contributed by atoms with Gasteiger partial charge in [0.25, 0.3) is 5.56 Å². The van der Waals surface area contributed by atoms with Crippen LogP contribution in [0.5, 0.6) is 5.75 Å². The predicted octanol–water partition coefficient (Wildman–Crippen LogP) is 3.49. The van der Waals surface area contributed by atoms with Crippen LogP contribution in [0.1, 0.15) is 35.6 Å². The Balaban J connectivity index is 1.38. The monoisotopic (exact) mass is 467 g/mol. The number of ether oxygens (including phenoxy) is 1. The molecule has 4 aromatic rings. The number of fused-ring (bicyclic) bond motifs is 5. The molecule has 0 spiro atoms. The van der Waals surface area contributed by atoms with Crippen LogP contribution in [0.2, 0.25) is 0 Å². The number of aromatic nitrogens is 2. The van der Waals surface area contributed by atoms with E-state index < -0.39 is 11.6 Å². The fraction of sp³-hybridized carbons (Fsp3) is 0.185. The molecule has 2 aromatic carbocycles. The lowest BCUT2D eigenvalue weighted by Gasteiger charge is -2.31. The average molecular weight is 467 g/mol. The van der Waals surface area contributed by atoms with Crippen molar-refractivity contribution < 1.29 is 19.5 Å². The van der Waals surface area contributed by atoms with Crippen LogP contribution in [-0.4, -0.2) is 26.8 Å². The molecular formula is C27H21N3O5. The van der Waals surface area contributed by atoms with Crippen molar-refractivity contribution in [3.05, 3.63) is 93.3 Å². The van der Waals surface area contributed by atoms with Crippen LogP contribution >= 0.6 is 0 Å². The number of nitrogens with zero attached hydrogens (tertiary/aromatic N) is 3. The number of rotatable bonds is 4. The molecule has 8 heteroatoms.